The summed E-state index contributed by atoms with van der Waals surface area (Å²) in [5, 5.41) is 2.70. The average molecular weight is 210 g/mol. The van der Waals surface area contributed by atoms with E-state index in [1.807, 2.05) is 0 Å². The molecule has 0 aliphatic heterocycles. The van der Waals surface area contributed by atoms with Crippen molar-refractivity contribution in [2.24, 2.45) is 5.73 Å². The zero-order valence-electron chi connectivity index (χ0n) is 8.30. The molecule has 1 amide bonds. The van der Waals surface area contributed by atoms with E-state index in [1.54, 1.807) is 0 Å². The number of nitrogens with one attached hydrogen (secondary N) is 3. The number of H-pyrrole nitrogens is 2. The van der Waals surface area contributed by atoms with Crippen molar-refractivity contribution in [2.45, 2.75) is 24.8 Å². The lowest BCUT2D eigenvalue weighted by molar-refractivity contribution is 0.0925. The van der Waals surface area contributed by atoms with Crippen LogP contribution in [0.25, 0.3) is 0 Å². The monoisotopic (exact) mass is 210 g/mol. The molecule has 1 aromatic rings. The number of nitrogens with two attached hydrogens (primary N) is 1. The van der Waals surface area contributed by atoms with Gasteiger partial charge in [-0.2, -0.15) is 0 Å². The van der Waals surface area contributed by atoms with Crippen molar-refractivity contribution in [3.8, 4) is 0 Å². The van der Waals surface area contributed by atoms with Gasteiger partial charge in [0, 0.05) is 18.3 Å². The van der Waals surface area contributed by atoms with E-state index in [2.05, 4.69) is 15.3 Å². The standard InChI is InChI=1S/C9H14N4O2/c10-9(2-1-3-9)5-12-7(14)6-4-11-8(15)13-6/h4H,1-3,5,10H2,(H,12,14)(H2,11,13,15). The Morgan fingerprint density at radius 2 is 2.33 bits per heavy atom. The number of hydrogen-bond donors (Lipinski definition) is 4. The summed E-state index contributed by atoms with van der Waals surface area (Å²) in [6.07, 6.45) is 4.35. The molecule has 6 nitrogen and oxygen atoms in total. The molecule has 1 fully saturated rings. The van der Waals surface area contributed by atoms with Gasteiger partial charge in [0.1, 0.15) is 5.69 Å². The minimum absolute atomic E-state index is 0.239. The molecule has 1 aromatic heterocycles. The molecule has 1 saturated carbocycles. The second-order valence-corrected chi connectivity index (χ2v) is 4.06. The van der Waals surface area contributed by atoms with Gasteiger partial charge in [-0.25, -0.2) is 4.79 Å². The van der Waals surface area contributed by atoms with Crippen molar-refractivity contribution in [1.82, 2.24) is 15.3 Å². The predicted octanol–water partition coefficient (Wildman–Crippen LogP) is -0.686. The zero-order valence-corrected chi connectivity index (χ0v) is 8.30. The normalized spacial score (nSPS) is 18.2. The number of aromatic amines is 2. The Morgan fingerprint density at radius 1 is 1.60 bits per heavy atom. The van der Waals surface area contributed by atoms with Crippen LogP contribution in [0.3, 0.4) is 0 Å². The molecule has 6 heteroatoms. The molecule has 1 aliphatic carbocycles. The van der Waals surface area contributed by atoms with Crippen LogP contribution >= 0.6 is 0 Å². The molecule has 0 radical (unpaired) electrons. The Hall–Kier alpha value is -1.56. The lowest BCUT2D eigenvalue weighted by atomic mass is 9.78. The topological polar surface area (TPSA) is 104 Å². The fourth-order valence-electron chi connectivity index (χ4n) is 1.61. The van der Waals surface area contributed by atoms with Gasteiger partial charge in [0.2, 0.25) is 0 Å². The molecule has 0 saturated heterocycles. The molecule has 0 bridgehead atoms. The predicted molar refractivity (Wildman–Crippen MR) is 54.5 cm³/mol. The summed E-state index contributed by atoms with van der Waals surface area (Å²) in [5.41, 5.74) is 5.55. The van der Waals surface area contributed by atoms with Crippen LogP contribution in [0.4, 0.5) is 0 Å². The van der Waals surface area contributed by atoms with Crippen LogP contribution in [0.5, 0.6) is 0 Å². The van der Waals surface area contributed by atoms with Gasteiger partial charge in [0.25, 0.3) is 5.91 Å². The third-order valence-corrected chi connectivity index (χ3v) is 2.79. The molecule has 82 valence electrons. The van der Waals surface area contributed by atoms with Crippen LogP contribution in [0.1, 0.15) is 29.8 Å². The van der Waals surface area contributed by atoms with Gasteiger partial charge in [0.15, 0.2) is 0 Å². The molecule has 0 aromatic carbocycles. The van der Waals surface area contributed by atoms with Gasteiger partial charge >= 0.3 is 5.69 Å². The number of carbonyl (C=O) groups is 1. The first-order chi connectivity index (χ1) is 7.09. The Kier molecular flexibility index (Phi) is 2.36. The third-order valence-electron chi connectivity index (χ3n) is 2.79. The largest absolute Gasteiger partial charge is 0.349 e. The van der Waals surface area contributed by atoms with Crippen LogP contribution in [-0.4, -0.2) is 28.0 Å². The van der Waals surface area contributed by atoms with Crippen molar-refractivity contribution in [3.63, 3.8) is 0 Å². The fraction of sp³-hybridized carbons (Fsp3) is 0.556. The van der Waals surface area contributed by atoms with E-state index in [0.29, 0.717) is 6.54 Å². The molecular weight excluding hydrogens is 196 g/mol. The van der Waals surface area contributed by atoms with E-state index in [0.717, 1.165) is 19.3 Å². The van der Waals surface area contributed by atoms with Crippen molar-refractivity contribution >= 4 is 5.91 Å². The lowest BCUT2D eigenvalue weighted by Gasteiger charge is -2.37. The molecule has 0 atom stereocenters. The van der Waals surface area contributed by atoms with Gasteiger partial charge in [-0.3, -0.25) is 4.79 Å². The highest BCUT2D eigenvalue weighted by Gasteiger charge is 2.32. The summed E-state index contributed by atoms with van der Waals surface area (Å²) in [5.74, 6) is -0.301. The minimum atomic E-state index is -0.383. The Bertz CT molecular complexity index is 416. The number of imidazole rings is 1. The van der Waals surface area contributed by atoms with E-state index in [1.165, 1.54) is 6.20 Å². The number of amides is 1. The quantitative estimate of drug-likeness (QED) is 0.531. The minimum Gasteiger partial charge on any atom is -0.349 e. The second kappa shape index (κ2) is 3.54. The Balaban J connectivity index is 1.90. The SMILES string of the molecule is NC1(CNC(=O)c2c[nH]c(=O)[nH]2)CCC1. The summed E-state index contributed by atoms with van der Waals surface area (Å²) < 4.78 is 0. The summed E-state index contributed by atoms with van der Waals surface area (Å²) >= 11 is 0. The molecule has 2 rings (SSSR count). The molecule has 5 N–H and O–H groups in total. The van der Waals surface area contributed by atoms with Crippen LogP contribution in [0, 0.1) is 0 Å². The van der Waals surface area contributed by atoms with Gasteiger partial charge in [0.05, 0.1) is 0 Å². The van der Waals surface area contributed by atoms with Crippen molar-refractivity contribution in [2.75, 3.05) is 6.54 Å². The maximum absolute atomic E-state index is 11.5. The first-order valence-corrected chi connectivity index (χ1v) is 4.94. The summed E-state index contributed by atoms with van der Waals surface area (Å²) in [4.78, 5) is 27.0. The van der Waals surface area contributed by atoms with Gasteiger partial charge in [-0.1, -0.05) is 0 Å². The first-order valence-electron chi connectivity index (χ1n) is 4.94. The highest BCUT2D eigenvalue weighted by Crippen LogP contribution is 2.27. The van der Waals surface area contributed by atoms with Gasteiger partial charge in [-0.05, 0) is 19.3 Å². The lowest BCUT2D eigenvalue weighted by Crippen LogP contribution is -2.55. The van der Waals surface area contributed by atoms with Crippen LogP contribution < -0.4 is 16.7 Å². The van der Waals surface area contributed by atoms with Crippen molar-refractivity contribution in [1.29, 1.82) is 0 Å². The highest BCUT2D eigenvalue weighted by atomic mass is 16.2. The first kappa shape index (κ1) is 9.97. The fourth-order valence-corrected chi connectivity index (χ4v) is 1.61. The van der Waals surface area contributed by atoms with E-state index in [-0.39, 0.29) is 22.8 Å². The van der Waals surface area contributed by atoms with Crippen LogP contribution in [0.2, 0.25) is 0 Å². The molecule has 1 heterocycles. The number of aromatic nitrogens is 2. The number of carbonyl (C=O) groups excluding carboxylic acids is 1. The van der Waals surface area contributed by atoms with E-state index in [9.17, 15) is 9.59 Å². The summed E-state index contributed by atoms with van der Waals surface area (Å²) in [6.45, 7) is 0.457. The Morgan fingerprint density at radius 3 is 2.80 bits per heavy atom. The maximum atomic E-state index is 11.5. The molecular formula is C9H14N4O2. The third kappa shape index (κ3) is 2.10. The second-order valence-electron chi connectivity index (χ2n) is 4.06. The van der Waals surface area contributed by atoms with Gasteiger partial charge in [-0.15, -0.1) is 0 Å². The Labute approximate surface area is 86.3 Å². The molecule has 15 heavy (non-hydrogen) atoms. The highest BCUT2D eigenvalue weighted by molar-refractivity contribution is 5.91. The number of hydrogen-bond acceptors (Lipinski definition) is 3. The molecule has 1 aliphatic rings. The van der Waals surface area contributed by atoms with Crippen molar-refractivity contribution in [3.05, 3.63) is 22.4 Å². The average Bonchev–Trinajstić information content (AvgIpc) is 2.58. The zero-order chi connectivity index (χ0) is 10.9. The summed E-state index contributed by atoms with van der Waals surface area (Å²) in [7, 11) is 0. The van der Waals surface area contributed by atoms with Crippen LogP contribution in [0.15, 0.2) is 11.0 Å². The van der Waals surface area contributed by atoms with Gasteiger partial charge < -0.3 is 21.0 Å². The summed E-state index contributed by atoms with van der Waals surface area (Å²) in [6, 6.07) is 0. The van der Waals surface area contributed by atoms with E-state index < -0.39 is 0 Å². The molecule has 0 unspecified atom stereocenters. The molecule has 0 spiro atoms. The van der Waals surface area contributed by atoms with Crippen LogP contribution in [-0.2, 0) is 0 Å². The maximum Gasteiger partial charge on any atom is 0.323 e. The van der Waals surface area contributed by atoms with E-state index >= 15 is 0 Å². The smallest absolute Gasteiger partial charge is 0.323 e. The van der Waals surface area contributed by atoms with E-state index in [4.69, 9.17) is 5.73 Å². The number of rotatable bonds is 3. The van der Waals surface area contributed by atoms with Crippen molar-refractivity contribution < 1.29 is 4.79 Å².